The van der Waals surface area contributed by atoms with Gasteiger partial charge in [0.15, 0.2) is 0 Å². The summed E-state index contributed by atoms with van der Waals surface area (Å²) in [5.41, 5.74) is 0. The van der Waals surface area contributed by atoms with E-state index in [-0.39, 0.29) is 6.61 Å². The van der Waals surface area contributed by atoms with Crippen LogP contribution < -0.4 is 5.32 Å². The highest BCUT2D eigenvalue weighted by Gasteiger charge is 2.28. The number of likely N-dealkylation sites (tertiary alicyclic amines) is 1. The molecule has 2 unspecified atom stereocenters. The zero-order valence-corrected chi connectivity index (χ0v) is 11.9. The molecule has 2 fully saturated rings. The first-order chi connectivity index (χ1) is 9.31. The molecule has 2 aliphatic rings. The summed E-state index contributed by atoms with van der Waals surface area (Å²) in [6, 6.07) is 0.940. The molecule has 2 saturated heterocycles. The van der Waals surface area contributed by atoms with Crippen molar-refractivity contribution >= 4 is 5.91 Å². The molecule has 4 heteroatoms. The fraction of sp³-hybridized carbons (Fsp3) is 0.933. The van der Waals surface area contributed by atoms with Crippen LogP contribution in [0.2, 0.25) is 0 Å². The first-order valence-electron chi connectivity index (χ1n) is 7.95. The molecule has 0 bridgehead atoms. The van der Waals surface area contributed by atoms with E-state index >= 15 is 0 Å². The number of piperidine rings is 1. The van der Waals surface area contributed by atoms with Crippen LogP contribution >= 0.6 is 0 Å². The molecule has 110 valence electrons. The molecular formula is C15H28N2O2. The summed E-state index contributed by atoms with van der Waals surface area (Å²) >= 11 is 0. The maximum Gasteiger partial charge on any atom is 0.222 e. The van der Waals surface area contributed by atoms with E-state index in [4.69, 9.17) is 5.11 Å². The minimum absolute atomic E-state index is 0.241. The Morgan fingerprint density at radius 2 is 2.11 bits per heavy atom. The maximum atomic E-state index is 12.3. The van der Waals surface area contributed by atoms with Gasteiger partial charge in [-0.25, -0.2) is 0 Å². The number of amides is 1. The summed E-state index contributed by atoms with van der Waals surface area (Å²) in [4.78, 5) is 14.4. The monoisotopic (exact) mass is 268 g/mol. The molecule has 4 nitrogen and oxygen atoms in total. The Morgan fingerprint density at radius 3 is 2.84 bits per heavy atom. The van der Waals surface area contributed by atoms with Gasteiger partial charge in [-0.2, -0.15) is 0 Å². The van der Waals surface area contributed by atoms with Crippen LogP contribution in [0.4, 0.5) is 0 Å². The lowest BCUT2D eigenvalue weighted by Crippen LogP contribution is -2.38. The predicted octanol–water partition coefficient (Wildman–Crippen LogP) is 1.67. The Morgan fingerprint density at radius 1 is 1.21 bits per heavy atom. The molecule has 0 aromatic heterocycles. The number of carbonyl (C=O) groups is 1. The topological polar surface area (TPSA) is 52.6 Å². The second-order valence-corrected chi connectivity index (χ2v) is 5.93. The van der Waals surface area contributed by atoms with Crippen molar-refractivity contribution in [3.63, 3.8) is 0 Å². The Labute approximate surface area is 116 Å². The fourth-order valence-electron chi connectivity index (χ4n) is 3.40. The number of hydrogen-bond donors (Lipinski definition) is 2. The van der Waals surface area contributed by atoms with E-state index in [2.05, 4.69) is 10.2 Å². The molecule has 0 radical (unpaired) electrons. The lowest BCUT2D eigenvalue weighted by atomic mass is 10.00. The standard InChI is InChI=1S/C15H28N2O2/c18-12-4-7-14-6-3-11-17(14)15(19)9-8-13-5-1-2-10-16-13/h13-14,16,18H,1-12H2. The van der Waals surface area contributed by atoms with Crippen LogP contribution in [0.25, 0.3) is 0 Å². The molecular weight excluding hydrogens is 240 g/mol. The first kappa shape index (κ1) is 14.8. The van der Waals surface area contributed by atoms with Gasteiger partial charge in [0.25, 0.3) is 0 Å². The van der Waals surface area contributed by atoms with Gasteiger partial charge in [-0.15, -0.1) is 0 Å². The largest absolute Gasteiger partial charge is 0.396 e. The van der Waals surface area contributed by atoms with Crippen LogP contribution in [-0.2, 0) is 4.79 Å². The Kier molecular flexibility index (Phi) is 6.11. The molecule has 0 aliphatic carbocycles. The Balaban J connectivity index is 1.71. The SMILES string of the molecule is O=C(CCC1CCCCN1)N1CCCC1CCCO. The quantitative estimate of drug-likeness (QED) is 0.770. The van der Waals surface area contributed by atoms with E-state index in [1.807, 2.05) is 0 Å². The molecule has 2 rings (SSSR count). The van der Waals surface area contributed by atoms with Gasteiger partial charge < -0.3 is 15.3 Å². The van der Waals surface area contributed by atoms with E-state index in [1.54, 1.807) is 0 Å². The number of carbonyl (C=O) groups excluding carboxylic acids is 1. The summed E-state index contributed by atoms with van der Waals surface area (Å²) < 4.78 is 0. The average molecular weight is 268 g/mol. The number of hydrogen-bond acceptors (Lipinski definition) is 3. The van der Waals surface area contributed by atoms with Gasteiger partial charge >= 0.3 is 0 Å². The van der Waals surface area contributed by atoms with Crippen LogP contribution in [0.5, 0.6) is 0 Å². The van der Waals surface area contributed by atoms with E-state index in [9.17, 15) is 4.79 Å². The van der Waals surface area contributed by atoms with Crippen molar-refractivity contribution in [2.24, 2.45) is 0 Å². The van der Waals surface area contributed by atoms with Crippen LogP contribution in [0.1, 0.15) is 57.8 Å². The minimum atomic E-state index is 0.241. The maximum absolute atomic E-state index is 12.3. The summed E-state index contributed by atoms with van der Waals surface area (Å²) in [7, 11) is 0. The number of rotatable bonds is 6. The van der Waals surface area contributed by atoms with Gasteiger partial charge in [-0.05, 0) is 51.5 Å². The molecule has 0 saturated carbocycles. The van der Waals surface area contributed by atoms with E-state index in [0.29, 0.717) is 24.4 Å². The minimum Gasteiger partial charge on any atom is -0.396 e. The van der Waals surface area contributed by atoms with Crippen LogP contribution in [0.15, 0.2) is 0 Å². The second-order valence-electron chi connectivity index (χ2n) is 5.93. The molecule has 0 aromatic rings. The molecule has 1 amide bonds. The van der Waals surface area contributed by atoms with Crippen molar-refractivity contribution in [2.75, 3.05) is 19.7 Å². The molecule has 0 aromatic carbocycles. The number of nitrogens with one attached hydrogen (secondary N) is 1. The van der Waals surface area contributed by atoms with E-state index in [1.165, 1.54) is 19.3 Å². The lowest BCUT2D eigenvalue weighted by molar-refractivity contribution is -0.132. The molecule has 0 spiro atoms. The highest BCUT2D eigenvalue weighted by Crippen LogP contribution is 2.23. The summed E-state index contributed by atoms with van der Waals surface area (Å²) in [6.45, 7) is 2.28. The highest BCUT2D eigenvalue weighted by molar-refractivity contribution is 5.76. The van der Waals surface area contributed by atoms with Gasteiger partial charge in [-0.3, -0.25) is 4.79 Å². The van der Waals surface area contributed by atoms with Gasteiger partial charge in [0.05, 0.1) is 0 Å². The van der Waals surface area contributed by atoms with Gasteiger partial charge in [0.2, 0.25) is 5.91 Å². The zero-order valence-electron chi connectivity index (χ0n) is 11.9. The van der Waals surface area contributed by atoms with Crippen LogP contribution in [0, 0.1) is 0 Å². The van der Waals surface area contributed by atoms with Crippen molar-refractivity contribution in [1.29, 1.82) is 0 Å². The second kappa shape index (κ2) is 7.85. The third-order valence-corrected chi connectivity index (χ3v) is 4.51. The summed E-state index contributed by atoms with van der Waals surface area (Å²) in [6.07, 6.45) is 9.50. The Hall–Kier alpha value is -0.610. The van der Waals surface area contributed by atoms with Crippen molar-refractivity contribution in [2.45, 2.75) is 69.9 Å². The van der Waals surface area contributed by atoms with Crippen molar-refractivity contribution in [3.05, 3.63) is 0 Å². The Bertz CT molecular complexity index is 277. The summed E-state index contributed by atoms with van der Waals surface area (Å²) in [5, 5.41) is 12.4. The summed E-state index contributed by atoms with van der Waals surface area (Å²) in [5.74, 6) is 0.327. The molecule has 2 N–H and O–H groups in total. The molecule has 2 heterocycles. The zero-order chi connectivity index (χ0) is 13.5. The van der Waals surface area contributed by atoms with E-state index < -0.39 is 0 Å². The molecule has 2 aliphatic heterocycles. The van der Waals surface area contributed by atoms with Gasteiger partial charge in [-0.1, -0.05) is 6.42 Å². The van der Waals surface area contributed by atoms with Gasteiger partial charge in [0.1, 0.15) is 0 Å². The number of aliphatic hydroxyl groups is 1. The number of nitrogens with zero attached hydrogens (tertiary/aromatic N) is 1. The van der Waals surface area contributed by atoms with E-state index in [0.717, 1.165) is 45.2 Å². The third-order valence-electron chi connectivity index (χ3n) is 4.51. The normalized spacial score (nSPS) is 27.7. The first-order valence-corrected chi connectivity index (χ1v) is 7.95. The van der Waals surface area contributed by atoms with Crippen molar-refractivity contribution < 1.29 is 9.90 Å². The molecule has 19 heavy (non-hydrogen) atoms. The lowest BCUT2D eigenvalue weighted by Gasteiger charge is -2.27. The average Bonchev–Trinajstić information content (AvgIpc) is 2.92. The van der Waals surface area contributed by atoms with Crippen molar-refractivity contribution in [1.82, 2.24) is 10.2 Å². The van der Waals surface area contributed by atoms with Crippen molar-refractivity contribution in [3.8, 4) is 0 Å². The third kappa shape index (κ3) is 4.46. The molecule has 2 atom stereocenters. The smallest absolute Gasteiger partial charge is 0.222 e. The highest BCUT2D eigenvalue weighted by atomic mass is 16.3. The number of aliphatic hydroxyl groups excluding tert-OH is 1. The fourth-order valence-corrected chi connectivity index (χ4v) is 3.40. The van der Waals surface area contributed by atoms with Gasteiger partial charge in [0, 0.05) is 31.7 Å². The van der Waals surface area contributed by atoms with Crippen LogP contribution in [0.3, 0.4) is 0 Å². The predicted molar refractivity (Wildman–Crippen MR) is 75.9 cm³/mol. The van der Waals surface area contributed by atoms with Crippen LogP contribution in [-0.4, -0.2) is 47.7 Å².